The van der Waals surface area contributed by atoms with Gasteiger partial charge in [0.2, 0.25) is 0 Å². The van der Waals surface area contributed by atoms with Gasteiger partial charge in [-0.25, -0.2) is 0 Å². The first-order chi connectivity index (χ1) is 12.5. The molecule has 5 heteroatoms. The van der Waals surface area contributed by atoms with Crippen LogP contribution >= 0.6 is 14.4 Å². The Morgan fingerprint density at radius 3 is 1.54 bits per heavy atom. The van der Waals surface area contributed by atoms with Crippen molar-refractivity contribution in [1.29, 1.82) is 0 Å². The van der Waals surface area contributed by atoms with Crippen LogP contribution in [0.2, 0.25) is 0 Å². The van der Waals surface area contributed by atoms with Crippen molar-refractivity contribution in [3.8, 4) is 0 Å². The predicted octanol–water partition coefficient (Wildman–Crippen LogP) is 5.43. The molecule has 2 rings (SSSR count). The fourth-order valence-corrected chi connectivity index (χ4v) is 8.99. The van der Waals surface area contributed by atoms with Crippen molar-refractivity contribution < 1.29 is 9.13 Å². The number of benzene rings is 2. The van der Waals surface area contributed by atoms with Gasteiger partial charge in [-0.3, -0.25) is 5.09 Å². The number of unbranched alkanes of at least 4 members (excludes halogenated alkanes) is 2. The molecule has 0 fully saturated rings. The largest absolute Gasteiger partial charge is 0.312 e. The Morgan fingerprint density at radius 1 is 0.731 bits per heavy atom. The van der Waals surface area contributed by atoms with E-state index in [0.29, 0.717) is 12.3 Å². The zero-order valence-electron chi connectivity index (χ0n) is 15.9. The molecule has 0 aliphatic heterocycles. The lowest BCUT2D eigenvalue weighted by Crippen LogP contribution is -2.26. The molecule has 142 valence electrons. The summed E-state index contributed by atoms with van der Waals surface area (Å²) in [5.41, 5.74) is 0. The first-order valence-electron chi connectivity index (χ1n) is 9.57. The van der Waals surface area contributed by atoms with Crippen LogP contribution in [-0.2, 0) is 9.13 Å². The van der Waals surface area contributed by atoms with E-state index in [1.54, 1.807) is 0 Å². The minimum absolute atomic E-state index is 0.256. The van der Waals surface area contributed by atoms with Gasteiger partial charge in [-0.1, -0.05) is 87.4 Å². The van der Waals surface area contributed by atoms with E-state index >= 15 is 0 Å². The normalized spacial score (nSPS) is 12.2. The third kappa shape index (κ3) is 5.68. The summed E-state index contributed by atoms with van der Waals surface area (Å²) < 4.78 is 27.4. The van der Waals surface area contributed by atoms with E-state index in [1.165, 1.54) is 0 Å². The van der Waals surface area contributed by atoms with Gasteiger partial charge < -0.3 is 9.13 Å². The number of nitrogens with one attached hydrogen (secondary N) is 1. The highest BCUT2D eigenvalue weighted by atomic mass is 31.2. The van der Waals surface area contributed by atoms with Crippen LogP contribution in [0.1, 0.15) is 39.5 Å². The molecular formula is C21H31NO2P2. The lowest BCUT2D eigenvalue weighted by atomic mass is 10.4. The minimum atomic E-state index is -2.87. The van der Waals surface area contributed by atoms with Crippen LogP contribution in [0.4, 0.5) is 0 Å². The molecule has 0 bridgehead atoms. The molecule has 0 atom stereocenters. The second kappa shape index (κ2) is 10.3. The van der Waals surface area contributed by atoms with Crippen molar-refractivity contribution in [2.75, 3.05) is 18.6 Å². The lowest BCUT2D eigenvalue weighted by Gasteiger charge is -2.25. The summed E-state index contributed by atoms with van der Waals surface area (Å²) >= 11 is 0. The molecule has 2 aromatic carbocycles. The summed E-state index contributed by atoms with van der Waals surface area (Å²) in [6.07, 6.45) is 5.55. The van der Waals surface area contributed by atoms with E-state index in [2.05, 4.69) is 18.9 Å². The number of hydrogen-bond donors (Lipinski definition) is 1. The Morgan fingerprint density at radius 2 is 1.15 bits per heavy atom. The second-order valence-corrected chi connectivity index (χ2v) is 12.6. The average Bonchev–Trinajstić information content (AvgIpc) is 2.70. The van der Waals surface area contributed by atoms with Crippen molar-refractivity contribution in [3.63, 3.8) is 0 Å². The fraction of sp³-hybridized carbons (Fsp3) is 0.429. The summed E-state index contributed by atoms with van der Waals surface area (Å²) in [5.74, 6) is 0. The van der Waals surface area contributed by atoms with Gasteiger partial charge >= 0.3 is 0 Å². The summed E-state index contributed by atoms with van der Waals surface area (Å²) in [7, 11) is -5.38. The first-order valence-corrected chi connectivity index (χ1v) is 13.5. The van der Waals surface area contributed by atoms with Crippen LogP contribution in [0.5, 0.6) is 0 Å². The van der Waals surface area contributed by atoms with Crippen LogP contribution < -0.4 is 15.7 Å². The molecule has 2 aromatic rings. The Hall–Kier alpha value is -1.14. The third-order valence-electron chi connectivity index (χ3n) is 4.67. The SMILES string of the molecule is CCCCP(=O)(CCCC)NCP(=O)(c1ccccc1)c1ccccc1. The smallest absolute Gasteiger partial charge is 0.156 e. The molecule has 0 heterocycles. The second-order valence-electron chi connectivity index (χ2n) is 6.77. The molecule has 0 aromatic heterocycles. The van der Waals surface area contributed by atoms with Gasteiger partial charge in [0.15, 0.2) is 7.14 Å². The molecule has 0 spiro atoms. The number of hydrogen-bond acceptors (Lipinski definition) is 2. The van der Waals surface area contributed by atoms with Crippen LogP contribution in [0.25, 0.3) is 0 Å². The van der Waals surface area contributed by atoms with Crippen LogP contribution in [-0.4, -0.2) is 18.6 Å². The maximum Gasteiger partial charge on any atom is 0.156 e. The van der Waals surface area contributed by atoms with E-state index in [0.717, 1.165) is 36.3 Å². The van der Waals surface area contributed by atoms with Crippen LogP contribution in [0, 0.1) is 0 Å². The molecule has 0 saturated heterocycles. The van der Waals surface area contributed by atoms with E-state index in [-0.39, 0.29) is 6.29 Å². The maximum absolute atomic E-state index is 14.0. The highest BCUT2D eigenvalue weighted by molar-refractivity contribution is 7.79. The molecule has 0 saturated carbocycles. The zero-order valence-corrected chi connectivity index (χ0v) is 17.7. The van der Waals surface area contributed by atoms with Gasteiger partial charge in [-0.2, -0.15) is 0 Å². The monoisotopic (exact) mass is 391 g/mol. The van der Waals surface area contributed by atoms with Gasteiger partial charge in [0.1, 0.15) is 7.29 Å². The summed E-state index contributed by atoms with van der Waals surface area (Å²) in [6.45, 7) is 4.23. The van der Waals surface area contributed by atoms with Crippen molar-refractivity contribution in [3.05, 3.63) is 60.7 Å². The molecule has 0 aliphatic rings. The summed E-state index contributed by atoms with van der Waals surface area (Å²) in [5, 5.41) is 4.93. The predicted molar refractivity (Wildman–Crippen MR) is 115 cm³/mol. The van der Waals surface area contributed by atoms with Crippen LogP contribution in [0.3, 0.4) is 0 Å². The Labute approximate surface area is 158 Å². The summed E-state index contributed by atoms with van der Waals surface area (Å²) in [6, 6.07) is 19.2. The third-order valence-corrected chi connectivity index (χ3v) is 10.6. The minimum Gasteiger partial charge on any atom is -0.312 e. The standard InChI is InChI=1S/C21H31NO2P2/c1-3-5-17-25(23,18-6-4-2)22-19-26(24,20-13-9-7-10-14-20)21-15-11-8-12-16-21/h7-16H,3-6,17-19H2,1-2H3,(H,22,23). The van der Waals surface area contributed by atoms with Crippen molar-refractivity contribution >= 4 is 25.0 Å². The molecular weight excluding hydrogens is 360 g/mol. The van der Waals surface area contributed by atoms with E-state index in [4.69, 9.17) is 0 Å². The molecule has 1 N–H and O–H groups in total. The lowest BCUT2D eigenvalue weighted by molar-refractivity contribution is 0.559. The highest BCUT2D eigenvalue weighted by Crippen LogP contribution is 2.49. The van der Waals surface area contributed by atoms with Gasteiger partial charge in [0.25, 0.3) is 0 Å². The molecule has 3 nitrogen and oxygen atoms in total. The van der Waals surface area contributed by atoms with Crippen molar-refractivity contribution in [2.24, 2.45) is 0 Å². The van der Waals surface area contributed by atoms with Gasteiger partial charge in [0.05, 0.1) is 6.29 Å². The highest BCUT2D eigenvalue weighted by Gasteiger charge is 2.30. The molecule has 0 radical (unpaired) electrons. The molecule has 0 aliphatic carbocycles. The van der Waals surface area contributed by atoms with E-state index in [9.17, 15) is 9.13 Å². The van der Waals surface area contributed by atoms with Crippen LogP contribution in [0.15, 0.2) is 60.7 Å². The summed E-state index contributed by atoms with van der Waals surface area (Å²) in [4.78, 5) is 0. The Balaban J connectivity index is 2.29. The van der Waals surface area contributed by atoms with Crippen molar-refractivity contribution in [2.45, 2.75) is 39.5 Å². The van der Waals surface area contributed by atoms with Gasteiger partial charge in [-0.15, -0.1) is 0 Å². The molecule has 26 heavy (non-hydrogen) atoms. The molecule has 0 unspecified atom stereocenters. The Kier molecular flexibility index (Phi) is 8.35. The van der Waals surface area contributed by atoms with Crippen molar-refractivity contribution in [1.82, 2.24) is 5.09 Å². The van der Waals surface area contributed by atoms with Gasteiger partial charge in [-0.05, 0) is 12.8 Å². The number of rotatable bonds is 11. The quantitative estimate of drug-likeness (QED) is 0.520. The first kappa shape index (κ1) is 21.2. The average molecular weight is 391 g/mol. The fourth-order valence-electron chi connectivity index (χ4n) is 2.99. The molecule has 0 amide bonds. The van der Waals surface area contributed by atoms with Gasteiger partial charge in [0, 0.05) is 22.9 Å². The topological polar surface area (TPSA) is 46.2 Å². The maximum atomic E-state index is 14.0. The van der Waals surface area contributed by atoms with E-state index in [1.807, 2.05) is 60.7 Å². The Bertz CT molecular complexity index is 692. The zero-order chi connectivity index (χ0) is 18.9. The van der Waals surface area contributed by atoms with E-state index < -0.39 is 14.4 Å².